The Morgan fingerprint density at radius 3 is 2.81 bits per heavy atom. The fraction of sp³-hybridized carbons (Fsp3) is 0.562. The summed E-state index contributed by atoms with van der Waals surface area (Å²) in [6.07, 6.45) is 0.983. The number of hydrogen-bond donors (Lipinski definition) is 2. The summed E-state index contributed by atoms with van der Waals surface area (Å²) in [6, 6.07) is 6.34. The molecule has 21 heavy (non-hydrogen) atoms. The van der Waals surface area contributed by atoms with E-state index in [-0.39, 0.29) is 11.4 Å². The standard InChI is InChI=1S/C16H24BrN3O/c1-16(2,3)19-10-12-5-6-13(9-14(12)17)20-8-4-7-18-15(21)11-20/h5-6,9,19H,4,7-8,10-11H2,1-3H3,(H,18,21). The van der Waals surface area contributed by atoms with Crippen molar-refractivity contribution < 1.29 is 4.79 Å². The fourth-order valence-corrected chi connectivity index (χ4v) is 2.77. The van der Waals surface area contributed by atoms with Crippen molar-refractivity contribution >= 4 is 27.5 Å². The van der Waals surface area contributed by atoms with Crippen LogP contribution in [0.15, 0.2) is 22.7 Å². The number of rotatable bonds is 3. The number of amides is 1. The van der Waals surface area contributed by atoms with Crippen LogP contribution >= 0.6 is 15.9 Å². The summed E-state index contributed by atoms with van der Waals surface area (Å²) in [5.41, 5.74) is 2.42. The normalized spacial score (nSPS) is 16.6. The average Bonchev–Trinajstić information content (AvgIpc) is 2.61. The lowest BCUT2D eigenvalue weighted by atomic mass is 10.1. The number of benzene rings is 1. The van der Waals surface area contributed by atoms with E-state index in [9.17, 15) is 4.79 Å². The Hall–Kier alpha value is -1.07. The molecule has 0 aliphatic carbocycles. The molecule has 0 atom stereocenters. The molecule has 2 rings (SSSR count). The Balaban J connectivity index is 2.09. The number of nitrogens with one attached hydrogen (secondary N) is 2. The molecule has 2 N–H and O–H groups in total. The average molecular weight is 354 g/mol. The molecule has 0 unspecified atom stereocenters. The van der Waals surface area contributed by atoms with Crippen LogP contribution < -0.4 is 15.5 Å². The summed E-state index contributed by atoms with van der Waals surface area (Å²) in [5.74, 6) is 0.0992. The van der Waals surface area contributed by atoms with Crippen LogP contribution in [0.5, 0.6) is 0 Å². The second-order valence-electron chi connectivity index (χ2n) is 6.50. The van der Waals surface area contributed by atoms with E-state index in [1.165, 1.54) is 5.56 Å². The number of anilines is 1. The summed E-state index contributed by atoms with van der Waals surface area (Å²) < 4.78 is 1.08. The highest BCUT2D eigenvalue weighted by Gasteiger charge is 2.16. The molecule has 1 saturated heterocycles. The van der Waals surface area contributed by atoms with E-state index in [0.717, 1.165) is 36.2 Å². The monoisotopic (exact) mass is 353 g/mol. The maximum absolute atomic E-state index is 11.7. The van der Waals surface area contributed by atoms with Crippen LogP contribution in [0.25, 0.3) is 0 Å². The molecule has 4 nitrogen and oxygen atoms in total. The van der Waals surface area contributed by atoms with Crippen LogP contribution in [-0.2, 0) is 11.3 Å². The van der Waals surface area contributed by atoms with Gasteiger partial charge < -0.3 is 15.5 Å². The summed E-state index contributed by atoms with van der Waals surface area (Å²) in [7, 11) is 0. The minimum atomic E-state index is 0.0982. The fourth-order valence-electron chi connectivity index (χ4n) is 2.26. The number of carbonyl (C=O) groups is 1. The van der Waals surface area contributed by atoms with Crippen LogP contribution in [0, 0.1) is 0 Å². The number of halogens is 1. The van der Waals surface area contributed by atoms with Crippen molar-refractivity contribution in [2.24, 2.45) is 0 Å². The third kappa shape index (κ3) is 5.00. The molecule has 1 aliphatic heterocycles. The zero-order chi connectivity index (χ0) is 15.5. The van der Waals surface area contributed by atoms with Crippen LogP contribution in [-0.4, -0.2) is 31.1 Å². The van der Waals surface area contributed by atoms with Crippen molar-refractivity contribution in [1.29, 1.82) is 0 Å². The molecular formula is C16H24BrN3O. The first kappa shape index (κ1) is 16.3. The van der Waals surface area contributed by atoms with Crippen molar-refractivity contribution in [3.05, 3.63) is 28.2 Å². The molecular weight excluding hydrogens is 330 g/mol. The van der Waals surface area contributed by atoms with Gasteiger partial charge in [0, 0.05) is 35.3 Å². The minimum Gasteiger partial charge on any atom is -0.362 e. The Morgan fingerprint density at radius 1 is 1.38 bits per heavy atom. The van der Waals surface area contributed by atoms with Gasteiger partial charge >= 0.3 is 0 Å². The Bertz CT molecular complexity index is 511. The third-order valence-corrected chi connectivity index (χ3v) is 4.21. The summed E-state index contributed by atoms with van der Waals surface area (Å²) in [5, 5.41) is 6.39. The van der Waals surface area contributed by atoms with Crippen molar-refractivity contribution in [3.8, 4) is 0 Å². The highest BCUT2D eigenvalue weighted by Crippen LogP contribution is 2.25. The van der Waals surface area contributed by atoms with Gasteiger partial charge in [0.15, 0.2) is 0 Å². The molecule has 116 valence electrons. The maximum Gasteiger partial charge on any atom is 0.239 e. The molecule has 0 saturated carbocycles. The molecule has 0 aromatic heterocycles. The van der Waals surface area contributed by atoms with Crippen molar-refractivity contribution in [2.45, 2.75) is 39.3 Å². The van der Waals surface area contributed by atoms with Crippen LogP contribution in [0.2, 0.25) is 0 Å². The van der Waals surface area contributed by atoms with E-state index in [1.54, 1.807) is 0 Å². The molecule has 1 amide bonds. The quantitative estimate of drug-likeness (QED) is 0.877. The molecule has 1 fully saturated rings. The van der Waals surface area contributed by atoms with Gasteiger partial charge in [0.05, 0.1) is 6.54 Å². The van der Waals surface area contributed by atoms with Gasteiger partial charge in [-0.25, -0.2) is 0 Å². The molecule has 0 bridgehead atoms. The smallest absolute Gasteiger partial charge is 0.239 e. The van der Waals surface area contributed by atoms with Gasteiger partial charge in [-0.15, -0.1) is 0 Å². The Morgan fingerprint density at radius 2 is 2.14 bits per heavy atom. The van der Waals surface area contributed by atoms with Crippen LogP contribution in [0.1, 0.15) is 32.8 Å². The number of nitrogens with zero attached hydrogens (tertiary/aromatic N) is 1. The first-order valence-electron chi connectivity index (χ1n) is 7.40. The third-order valence-electron chi connectivity index (χ3n) is 3.47. The zero-order valence-electron chi connectivity index (χ0n) is 13.0. The first-order valence-corrected chi connectivity index (χ1v) is 8.19. The molecule has 1 aromatic rings. The van der Waals surface area contributed by atoms with E-state index in [1.807, 2.05) is 0 Å². The maximum atomic E-state index is 11.7. The predicted octanol–water partition coefficient (Wildman–Crippen LogP) is 2.66. The minimum absolute atomic E-state index is 0.0982. The van der Waals surface area contributed by atoms with E-state index in [2.05, 4.69) is 70.4 Å². The van der Waals surface area contributed by atoms with Crippen LogP contribution in [0.4, 0.5) is 5.69 Å². The molecule has 1 aromatic carbocycles. The van der Waals surface area contributed by atoms with Gasteiger partial charge in [0.1, 0.15) is 0 Å². The van der Waals surface area contributed by atoms with E-state index >= 15 is 0 Å². The molecule has 1 heterocycles. The zero-order valence-corrected chi connectivity index (χ0v) is 14.6. The summed E-state index contributed by atoms with van der Waals surface area (Å²) in [4.78, 5) is 13.8. The predicted molar refractivity (Wildman–Crippen MR) is 90.6 cm³/mol. The number of carbonyl (C=O) groups excluding carboxylic acids is 1. The summed E-state index contributed by atoms with van der Waals surface area (Å²) in [6.45, 7) is 9.41. The lowest BCUT2D eigenvalue weighted by Crippen LogP contribution is -2.35. The van der Waals surface area contributed by atoms with Crippen molar-refractivity contribution in [2.75, 3.05) is 24.5 Å². The van der Waals surface area contributed by atoms with Crippen molar-refractivity contribution in [3.63, 3.8) is 0 Å². The van der Waals surface area contributed by atoms with Gasteiger partial charge in [0.25, 0.3) is 0 Å². The van der Waals surface area contributed by atoms with Crippen LogP contribution in [0.3, 0.4) is 0 Å². The van der Waals surface area contributed by atoms with Gasteiger partial charge in [-0.05, 0) is 44.9 Å². The van der Waals surface area contributed by atoms with Gasteiger partial charge in [-0.3, -0.25) is 4.79 Å². The second kappa shape index (κ2) is 6.79. The van der Waals surface area contributed by atoms with Gasteiger partial charge in [0.2, 0.25) is 5.91 Å². The lowest BCUT2D eigenvalue weighted by molar-refractivity contribution is -0.119. The summed E-state index contributed by atoms with van der Waals surface area (Å²) >= 11 is 3.65. The second-order valence-corrected chi connectivity index (χ2v) is 7.36. The SMILES string of the molecule is CC(C)(C)NCc1ccc(N2CCCNC(=O)C2)cc1Br. The largest absolute Gasteiger partial charge is 0.362 e. The highest BCUT2D eigenvalue weighted by atomic mass is 79.9. The Kier molecular flexibility index (Phi) is 5.27. The lowest BCUT2D eigenvalue weighted by Gasteiger charge is -2.24. The Labute approximate surface area is 135 Å². The van der Waals surface area contributed by atoms with Gasteiger partial charge in [-0.1, -0.05) is 22.0 Å². The first-order chi connectivity index (χ1) is 9.85. The van der Waals surface area contributed by atoms with E-state index < -0.39 is 0 Å². The van der Waals surface area contributed by atoms with Gasteiger partial charge in [-0.2, -0.15) is 0 Å². The van der Waals surface area contributed by atoms with Crippen molar-refractivity contribution in [1.82, 2.24) is 10.6 Å². The molecule has 5 heteroatoms. The molecule has 0 radical (unpaired) electrons. The highest BCUT2D eigenvalue weighted by molar-refractivity contribution is 9.10. The van der Waals surface area contributed by atoms with E-state index in [4.69, 9.17) is 0 Å². The molecule has 1 aliphatic rings. The van der Waals surface area contributed by atoms with E-state index in [0.29, 0.717) is 6.54 Å². The topological polar surface area (TPSA) is 44.4 Å². The molecule has 0 spiro atoms. The number of hydrogen-bond acceptors (Lipinski definition) is 3.